The number of rotatable bonds is 10. The predicted octanol–water partition coefficient (Wildman–Crippen LogP) is -1.88. The summed E-state index contributed by atoms with van der Waals surface area (Å²) in [7, 11) is -4.74. The summed E-state index contributed by atoms with van der Waals surface area (Å²) in [6.45, 7) is 1.17. The number of β-lactam (4-membered cyclic amide) rings is 1. The minimum atomic E-state index is -4.74. The molecule has 0 aliphatic carbocycles. The third kappa shape index (κ3) is 5.53. The van der Waals surface area contributed by atoms with E-state index >= 15 is 0 Å². The maximum atomic E-state index is 12.7. The van der Waals surface area contributed by atoms with E-state index in [-0.39, 0.29) is 51.5 Å². The number of anilines is 1. The molecule has 0 saturated carbocycles. The van der Waals surface area contributed by atoms with Crippen molar-refractivity contribution in [2.75, 3.05) is 18.9 Å². The van der Waals surface area contributed by atoms with Crippen molar-refractivity contribution in [3.8, 4) is 5.88 Å². The molecule has 2 amide bonds. The van der Waals surface area contributed by atoms with Crippen molar-refractivity contribution in [3.05, 3.63) is 28.9 Å². The lowest BCUT2D eigenvalue weighted by Gasteiger charge is -2.42. The lowest BCUT2D eigenvalue weighted by molar-refractivity contribution is -0.143. The Kier molecular flexibility index (Phi) is 7.23. The summed E-state index contributed by atoms with van der Waals surface area (Å²) in [6.07, 6.45) is 0. The molecule has 0 unspecified atom stereocenters. The van der Waals surface area contributed by atoms with E-state index in [1.807, 2.05) is 0 Å². The van der Waals surface area contributed by atoms with E-state index in [2.05, 4.69) is 25.7 Å². The molecule has 1 saturated heterocycles. The zero-order valence-electron chi connectivity index (χ0n) is 17.4. The van der Waals surface area contributed by atoms with E-state index in [1.54, 1.807) is 0 Å². The van der Waals surface area contributed by atoms with Crippen molar-refractivity contribution in [2.24, 2.45) is 10.9 Å². The van der Waals surface area contributed by atoms with E-state index in [0.717, 1.165) is 11.3 Å². The first-order valence-corrected chi connectivity index (χ1v) is 11.6. The van der Waals surface area contributed by atoms with Gasteiger partial charge < -0.3 is 26.4 Å². The van der Waals surface area contributed by atoms with Crippen molar-refractivity contribution in [1.82, 2.24) is 24.8 Å². The Morgan fingerprint density at radius 1 is 1.35 bits per heavy atom. The van der Waals surface area contributed by atoms with Crippen molar-refractivity contribution in [1.29, 1.82) is 5.41 Å². The Morgan fingerprint density at radius 3 is 2.62 bits per heavy atom. The van der Waals surface area contributed by atoms with Gasteiger partial charge in [-0.1, -0.05) is 5.16 Å². The van der Waals surface area contributed by atoms with Gasteiger partial charge in [0.05, 0.1) is 6.04 Å². The number of amides is 2. The number of nitrogens with one attached hydrogen (secondary N) is 2. The fraction of sp³-hybridized carbons (Fsp3) is 0.312. The standard InChI is InChI=1S/C16H19N9O7S2/c1-7-11(15(27)25(7)34(28,29)30)21-14(26)12(9-6-33-16(19)20-9)24-32-5-4-31-10-3-2-8(13(17)18)22-23-10/h2-3,6-7,11H,4-5H2,1H3,(H3,17,18)(H2,19,20)(H,21,26)(H,28,29,30)/b24-12-/t7-,11-/m0/s1. The van der Waals surface area contributed by atoms with Gasteiger partial charge >= 0.3 is 10.3 Å². The molecule has 0 aromatic carbocycles. The Hall–Kier alpha value is -3.90. The molecule has 0 radical (unpaired) electrons. The number of carbonyl (C=O) groups excluding carboxylic acids is 2. The molecule has 0 spiro atoms. The predicted molar refractivity (Wildman–Crippen MR) is 117 cm³/mol. The van der Waals surface area contributed by atoms with Crippen LogP contribution in [0.2, 0.25) is 0 Å². The summed E-state index contributed by atoms with van der Waals surface area (Å²) in [5, 5.41) is 22.4. The summed E-state index contributed by atoms with van der Waals surface area (Å²) in [5.41, 5.74) is 10.8. The lowest BCUT2D eigenvalue weighted by Crippen LogP contribution is -2.71. The zero-order valence-corrected chi connectivity index (χ0v) is 19.0. The number of ether oxygens (including phenoxy) is 1. The largest absolute Gasteiger partial charge is 0.473 e. The van der Waals surface area contributed by atoms with Gasteiger partial charge in [-0.2, -0.15) is 8.42 Å². The quantitative estimate of drug-likeness (QED) is 0.0584. The van der Waals surface area contributed by atoms with Crippen LogP contribution in [0.15, 0.2) is 22.7 Å². The van der Waals surface area contributed by atoms with E-state index in [9.17, 15) is 18.0 Å². The average molecular weight is 514 g/mol. The summed E-state index contributed by atoms with van der Waals surface area (Å²) in [6, 6.07) is 0.676. The second-order valence-electron chi connectivity index (χ2n) is 6.67. The van der Waals surface area contributed by atoms with Crippen LogP contribution in [0.1, 0.15) is 18.3 Å². The van der Waals surface area contributed by atoms with Crippen LogP contribution in [0.4, 0.5) is 5.13 Å². The maximum Gasteiger partial charge on any atom is 0.362 e. The molecule has 18 heteroatoms. The lowest BCUT2D eigenvalue weighted by atomic mass is 10.0. The van der Waals surface area contributed by atoms with E-state index < -0.39 is 34.2 Å². The van der Waals surface area contributed by atoms with Gasteiger partial charge in [-0.05, 0) is 13.0 Å². The third-order valence-electron chi connectivity index (χ3n) is 4.35. The molecule has 3 heterocycles. The van der Waals surface area contributed by atoms with E-state index in [4.69, 9.17) is 31.0 Å². The van der Waals surface area contributed by atoms with Crippen molar-refractivity contribution in [2.45, 2.75) is 19.0 Å². The molecule has 2 aromatic heterocycles. The number of nitrogen functional groups attached to an aromatic ring is 2. The number of hydrogen-bond acceptors (Lipinski definition) is 13. The first-order chi connectivity index (χ1) is 16.0. The van der Waals surface area contributed by atoms with Gasteiger partial charge in [0.25, 0.3) is 11.8 Å². The molecule has 16 nitrogen and oxygen atoms in total. The highest BCUT2D eigenvalue weighted by molar-refractivity contribution is 7.84. The molecule has 2 atom stereocenters. The van der Waals surface area contributed by atoms with Gasteiger partial charge in [-0.15, -0.1) is 21.5 Å². The first-order valence-electron chi connectivity index (χ1n) is 9.33. The zero-order chi connectivity index (χ0) is 25.0. The Balaban J connectivity index is 1.61. The SMILES string of the molecule is C[C@H]1[C@H](NC(=O)/C(=N\OCCOc2ccc(C(=N)N)nn2)c2csc(N)n2)C(=O)N1S(=O)(=O)O. The van der Waals surface area contributed by atoms with E-state index in [1.165, 1.54) is 24.4 Å². The second-order valence-corrected chi connectivity index (χ2v) is 8.85. The fourth-order valence-corrected chi connectivity index (χ4v) is 4.18. The van der Waals surface area contributed by atoms with Crippen molar-refractivity contribution in [3.63, 3.8) is 0 Å². The summed E-state index contributed by atoms with van der Waals surface area (Å²) in [4.78, 5) is 33.8. The third-order valence-corrected chi connectivity index (χ3v) is 6.03. The Labute approximate surface area is 196 Å². The highest BCUT2D eigenvalue weighted by Gasteiger charge is 2.51. The summed E-state index contributed by atoms with van der Waals surface area (Å²) >= 11 is 1.04. The molecule has 182 valence electrons. The van der Waals surface area contributed by atoms with E-state index in [0.29, 0.717) is 0 Å². The molecule has 1 aliphatic heterocycles. The summed E-state index contributed by atoms with van der Waals surface area (Å²) < 4.78 is 37.1. The highest BCUT2D eigenvalue weighted by Crippen LogP contribution is 2.23. The number of hydrogen-bond donors (Lipinski definition) is 5. The smallest absolute Gasteiger partial charge is 0.362 e. The molecule has 3 rings (SSSR count). The molecule has 1 aliphatic rings. The van der Waals surface area contributed by atoms with Crippen molar-refractivity contribution < 1.29 is 32.1 Å². The maximum absolute atomic E-state index is 12.7. The van der Waals surface area contributed by atoms with Crippen LogP contribution in [0.3, 0.4) is 0 Å². The molecule has 2 aromatic rings. The van der Waals surface area contributed by atoms with Gasteiger partial charge in [0.15, 0.2) is 17.5 Å². The normalized spacial score (nSPS) is 18.2. The molecule has 0 bridgehead atoms. The summed E-state index contributed by atoms with van der Waals surface area (Å²) in [5.74, 6) is -1.98. The van der Waals surface area contributed by atoms with Crippen LogP contribution in [0, 0.1) is 5.41 Å². The topological polar surface area (TPSA) is 249 Å². The number of carbonyl (C=O) groups is 2. The molecular weight excluding hydrogens is 494 g/mol. The molecular formula is C16H19N9O7S2. The second kappa shape index (κ2) is 9.93. The van der Waals surface area contributed by atoms with Gasteiger partial charge in [0.1, 0.15) is 29.9 Å². The van der Waals surface area contributed by atoms with Gasteiger partial charge in [-0.3, -0.25) is 19.6 Å². The van der Waals surface area contributed by atoms with Crippen LogP contribution in [0.5, 0.6) is 5.88 Å². The van der Waals surface area contributed by atoms with Gasteiger partial charge in [-0.25, -0.2) is 9.29 Å². The van der Waals surface area contributed by atoms with Crippen LogP contribution in [-0.4, -0.2) is 81.1 Å². The monoisotopic (exact) mass is 513 g/mol. The highest BCUT2D eigenvalue weighted by atomic mass is 32.2. The number of nitrogens with zero attached hydrogens (tertiary/aromatic N) is 5. The van der Waals surface area contributed by atoms with Crippen LogP contribution in [0.25, 0.3) is 0 Å². The van der Waals surface area contributed by atoms with Crippen LogP contribution >= 0.6 is 11.3 Å². The number of aromatic nitrogens is 3. The fourth-order valence-electron chi connectivity index (χ4n) is 2.75. The first kappa shape index (κ1) is 24.7. The molecule has 34 heavy (non-hydrogen) atoms. The average Bonchev–Trinajstić information content (AvgIpc) is 3.19. The number of oxime groups is 1. The minimum Gasteiger partial charge on any atom is -0.473 e. The van der Waals surface area contributed by atoms with Gasteiger partial charge in [0, 0.05) is 11.4 Å². The Morgan fingerprint density at radius 2 is 2.09 bits per heavy atom. The van der Waals surface area contributed by atoms with Crippen LogP contribution in [-0.2, 0) is 24.7 Å². The molecule has 7 N–H and O–H groups in total. The van der Waals surface area contributed by atoms with Crippen LogP contribution < -0.4 is 21.5 Å². The van der Waals surface area contributed by atoms with Crippen molar-refractivity contribution >= 4 is 50.1 Å². The Bertz CT molecular complexity index is 1230. The van der Waals surface area contributed by atoms with Gasteiger partial charge in [0.2, 0.25) is 5.88 Å². The number of thiazole rings is 1. The number of amidine groups is 1. The minimum absolute atomic E-state index is 0.0346. The number of nitrogens with two attached hydrogens (primary N) is 2. The molecule has 1 fully saturated rings.